The highest BCUT2D eigenvalue weighted by molar-refractivity contribution is 6.31. The zero-order valence-corrected chi connectivity index (χ0v) is 17.2. The lowest BCUT2D eigenvalue weighted by Crippen LogP contribution is -2.14. The summed E-state index contributed by atoms with van der Waals surface area (Å²) in [6.07, 6.45) is -0.853. The first-order chi connectivity index (χ1) is 14.6. The second-order valence-corrected chi connectivity index (χ2v) is 7.34. The average molecular weight is 435 g/mol. The zero-order chi connectivity index (χ0) is 20.9. The largest absolute Gasteiger partial charge is 0.519 e. The molecule has 0 aliphatic carbocycles. The summed E-state index contributed by atoms with van der Waals surface area (Å²) < 4.78 is 11.1. The molecule has 4 rings (SSSR count). The van der Waals surface area contributed by atoms with E-state index in [2.05, 4.69) is 0 Å². The highest BCUT2D eigenvalue weighted by Crippen LogP contribution is 2.35. The van der Waals surface area contributed by atoms with E-state index in [0.29, 0.717) is 32.7 Å². The Morgan fingerprint density at radius 3 is 1.37 bits per heavy atom. The van der Waals surface area contributed by atoms with Crippen molar-refractivity contribution in [2.75, 3.05) is 0 Å². The van der Waals surface area contributed by atoms with E-state index in [1.807, 2.05) is 60.7 Å². The van der Waals surface area contributed by atoms with Gasteiger partial charge in [0.15, 0.2) is 0 Å². The molecule has 148 valence electrons. The van der Waals surface area contributed by atoms with E-state index in [1.165, 1.54) is 0 Å². The molecule has 0 bridgehead atoms. The van der Waals surface area contributed by atoms with Gasteiger partial charge in [-0.3, -0.25) is 0 Å². The number of hydrogen-bond donors (Lipinski definition) is 0. The fourth-order valence-corrected chi connectivity index (χ4v) is 3.41. The lowest BCUT2D eigenvalue weighted by atomic mass is 10.0. The van der Waals surface area contributed by atoms with Gasteiger partial charge in [-0.1, -0.05) is 83.9 Å². The SMILES string of the molecule is O=C(Oc1ccc(Cl)cc1-c1ccccc1)Oc1ccc(Cl)cc1-c1ccccc1. The Bertz CT molecular complexity index is 1080. The van der Waals surface area contributed by atoms with Crippen LogP contribution in [0.15, 0.2) is 97.1 Å². The quantitative estimate of drug-likeness (QED) is 0.241. The molecule has 0 saturated carbocycles. The van der Waals surface area contributed by atoms with Crippen LogP contribution in [0.1, 0.15) is 0 Å². The maximum absolute atomic E-state index is 12.6. The Labute approximate surface area is 184 Å². The topological polar surface area (TPSA) is 35.5 Å². The Morgan fingerprint density at radius 1 is 0.567 bits per heavy atom. The third-order valence-electron chi connectivity index (χ3n) is 4.44. The summed E-state index contributed by atoms with van der Waals surface area (Å²) >= 11 is 12.3. The predicted molar refractivity (Wildman–Crippen MR) is 120 cm³/mol. The molecule has 0 radical (unpaired) electrons. The van der Waals surface area contributed by atoms with Gasteiger partial charge in [0.1, 0.15) is 11.5 Å². The third kappa shape index (κ3) is 4.65. The number of carbonyl (C=O) groups excluding carboxylic acids is 1. The summed E-state index contributed by atoms with van der Waals surface area (Å²) in [6.45, 7) is 0. The normalized spacial score (nSPS) is 10.5. The van der Waals surface area contributed by atoms with E-state index < -0.39 is 6.16 Å². The van der Waals surface area contributed by atoms with Gasteiger partial charge in [0.25, 0.3) is 0 Å². The van der Waals surface area contributed by atoms with Crippen molar-refractivity contribution in [2.45, 2.75) is 0 Å². The Hall–Kier alpha value is -3.27. The number of benzene rings is 4. The fraction of sp³-hybridized carbons (Fsp3) is 0. The van der Waals surface area contributed by atoms with Crippen molar-refractivity contribution in [2.24, 2.45) is 0 Å². The van der Waals surface area contributed by atoms with Gasteiger partial charge >= 0.3 is 6.16 Å². The first-order valence-electron chi connectivity index (χ1n) is 9.20. The van der Waals surface area contributed by atoms with E-state index in [9.17, 15) is 4.79 Å². The lowest BCUT2D eigenvalue weighted by molar-refractivity contribution is 0.152. The van der Waals surface area contributed by atoms with Gasteiger partial charge in [-0.25, -0.2) is 4.79 Å². The summed E-state index contributed by atoms with van der Waals surface area (Å²) in [5.41, 5.74) is 3.14. The minimum Gasteiger partial charge on any atom is -0.394 e. The van der Waals surface area contributed by atoms with E-state index in [4.69, 9.17) is 32.7 Å². The molecule has 0 saturated heterocycles. The molecule has 0 aromatic heterocycles. The van der Waals surface area contributed by atoms with Crippen molar-refractivity contribution in [3.8, 4) is 33.8 Å². The molecule has 0 N–H and O–H groups in total. The van der Waals surface area contributed by atoms with Crippen molar-refractivity contribution in [1.29, 1.82) is 0 Å². The molecule has 30 heavy (non-hydrogen) atoms. The second kappa shape index (κ2) is 9.04. The van der Waals surface area contributed by atoms with Gasteiger partial charge in [-0.05, 0) is 47.5 Å². The molecule has 0 fully saturated rings. The van der Waals surface area contributed by atoms with Crippen molar-refractivity contribution in [3.63, 3.8) is 0 Å². The molecule has 0 aliphatic heterocycles. The highest BCUT2D eigenvalue weighted by Gasteiger charge is 2.16. The van der Waals surface area contributed by atoms with Gasteiger partial charge in [0.05, 0.1) is 0 Å². The van der Waals surface area contributed by atoms with Gasteiger partial charge in [-0.15, -0.1) is 0 Å². The van der Waals surface area contributed by atoms with Crippen LogP contribution >= 0.6 is 23.2 Å². The number of hydrogen-bond acceptors (Lipinski definition) is 3. The number of halogens is 2. The molecule has 5 heteroatoms. The number of carbonyl (C=O) groups is 1. The minimum atomic E-state index is -0.853. The van der Waals surface area contributed by atoms with Crippen LogP contribution in [-0.4, -0.2) is 6.16 Å². The third-order valence-corrected chi connectivity index (χ3v) is 4.91. The molecule has 0 amide bonds. The lowest BCUT2D eigenvalue weighted by Gasteiger charge is -2.13. The first kappa shape index (κ1) is 20.0. The van der Waals surface area contributed by atoms with Crippen LogP contribution in [0.25, 0.3) is 22.3 Å². The van der Waals surface area contributed by atoms with Crippen molar-refractivity contribution >= 4 is 29.4 Å². The Kier molecular flexibility index (Phi) is 6.03. The maximum atomic E-state index is 12.6. The Morgan fingerprint density at radius 2 is 0.967 bits per heavy atom. The summed E-state index contributed by atoms with van der Waals surface area (Å²) in [7, 11) is 0. The van der Waals surface area contributed by atoms with Gasteiger partial charge in [0.2, 0.25) is 0 Å². The summed E-state index contributed by atoms with van der Waals surface area (Å²) in [4.78, 5) is 12.6. The monoisotopic (exact) mass is 434 g/mol. The van der Waals surface area contributed by atoms with Crippen LogP contribution in [0.3, 0.4) is 0 Å². The van der Waals surface area contributed by atoms with Gasteiger partial charge < -0.3 is 9.47 Å². The predicted octanol–water partition coefficient (Wildman–Crippen LogP) is 7.91. The van der Waals surface area contributed by atoms with Crippen LogP contribution in [0.2, 0.25) is 10.0 Å². The molecule has 0 spiro atoms. The van der Waals surface area contributed by atoms with Crippen LogP contribution in [-0.2, 0) is 0 Å². The minimum absolute atomic E-state index is 0.353. The average Bonchev–Trinajstić information content (AvgIpc) is 2.77. The molecular formula is C25H16Cl2O3. The van der Waals surface area contributed by atoms with E-state index in [0.717, 1.165) is 11.1 Å². The van der Waals surface area contributed by atoms with Crippen LogP contribution in [0, 0.1) is 0 Å². The number of rotatable bonds is 4. The summed E-state index contributed by atoms with van der Waals surface area (Å²) in [5, 5.41) is 1.08. The molecule has 0 aliphatic rings. The summed E-state index contributed by atoms with van der Waals surface area (Å²) in [5.74, 6) is 0.705. The molecule has 4 aromatic carbocycles. The molecular weight excluding hydrogens is 419 g/mol. The fourth-order valence-electron chi connectivity index (χ4n) is 3.07. The first-order valence-corrected chi connectivity index (χ1v) is 9.95. The summed E-state index contributed by atoms with van der Waals surface area (Å²) in [6, 6.07) is 29.2. The second-order valence-electron chi connectivity index (χ2n) is 6.47. The maximum Gasteiger partial charge on any atom is 0.519 e. The molecule has 0 heterocycles. The smallest absolute Gasteiger partial charge is 0.394 e. The zero-order valence-electron chi connectivity index (χ0n) is 15.7. The van der Waals surface area contributed by atoms with Crippen LogP contribution in [0.4, 0.5) is 4.79 Å². The van der Waals surface area contributed by atoms with Crippen LogP contribution in [0.5, 0.6) is 11.5 Å². The van der Waals surface area contributed by atoms with Crippen LogP contribution < -0.4 is 9.47 Å². The molecule has 3 nitrogen and oxygen atoms in total. The van der Waals surface area contributed by atoms with Gasteiger partial charge in [0, 0.05) is 21.2 Å². The molecule has 4 aromatic rings. The Balaban J connectivity index is 1.62. The molecule has 0 atom stereocenters. The van der Waals surface area contributed by atoms with Crippen molar-refractivity contribution in [1.82, 2.24) is 0 Å². The number of ether oxygens (including phenoxy) is 2. The highest BCUT2D eigenvalue weighted by atomic mass is 35.5. The van der Waals surface area contributed by atoms with E-state index >= 15 is 0 Å². The van der Waals surface area contributed by atoms with Crippen molar-refractivity contribution in [3.05, 3.63) is 107 Å². The van der Waals surface area contributed by atoms with Gasteiger partial charge in [-0.2, -0.15) is 0 Å². The van der Waals surface area contributed by atoms with E-state index in [1.54, 1.807) is 36.4 Å². The van der Waals surface area contributed by atoms with E-state index in [-0.39, 0.29) is 0 Å². The molecule has 0 unspecified atom stereocenters. The standard InChI is InChI=1S/C25H16Cl2O3/c26-19-11-13-23(21(15-19)17-7-3-1-4-8-17)29-25(28)30-24-14-12-20(27)16-22(24)18-9-5-2-6-10-18/h1-16H. The van der Waals surface area contributed by atoms with Crippen molar-refractivity contribution < 1.29 is 14.3 Å².